The zero-order chi connectivity index (χ0) is 26.1. The van der Waals surface area contributed by atoms with Gasteiger partial charge >= 0.3 is 238 Å². The third kappa shape index (κ3) is 4.67. The van der Waals surface area contributed by atoms with E-state index in [2.05, 4.69) is 72.8 Å². The van der Waals surface area contributed by atoms with Gasteiger partial charge in [0.2, 0.25) is 0 Å². The molecule has 0 amide bonds. The Morgan fingerprint density at radius 1 is 0.684 bits per heavy atom. The molecule has 5 heteroatoms. The Bertz CT molecular complexity index is 1840. The number of hydrogen-bond donors (Lipinski definition) is 1. The maximum absolute atomic E-state index is 9.27. The van der Waals surface area contributed by atoms with Crippen molar-refractivity contribution in [2.24, 2.45) is 0 Å². The Balaban J connectivity index is 1.54. The fraction of sp³-hybridized carbons (Fsp3) is 0. The summed E-state index contributed by atoms with van der Waals surface area (Å²) in [6, 6.07) is 40.8. The van der Waals surface area contributed by atoms with Gasteiger partial charge in [0.25, 0.3) is 0 Å². The number of anilines is 1. The number of benzene rings is 6. The van der Waals surface area contributed by atoms with Crippen LogP contribution in [0.2, 0.25) is 5.02 Å². The second kappa shape index (κ2) is 10.4. The second-order valence-corrected chi connectivity index (χ2v) is 11.5. The predicted molar refractivity (Wildman–Crippen MR) is 152 cm³/mol. The average Bonchev–Trinajstić information content (AvgIpc) is 2.97. The molecule has 2 N–H and O–H groups in total. The van der Waals surface area contributed by atoms with Crippen LogP contribution in [0.15, 0.2) is 115 Å². The van der Waals surface area contributed by atoms with E-state index in [0.29, 0.717) is 22.0 Å². The van der Waals surface area contributed by atoms with E-state index < -0.39 is 21.6 Å². The molecule has 0 atom stereocenters. The van der Waals surface area contributed by atoms with Gasteiger partial charge in [0, 0.05) is 0 Å². The van der Waals surface area contributed by atoms with Gasteiger partial charge in [0.05, 0.1) is 0 Å². The number of nitrogen functional groups attached to an aromatic ring is 1. The summed E-state index contributed by atoms with van der Waals surface area (Å²) in [6.07, 6.45) is 0. The van der Waals surface area contributed by atoms with Crippen molar-refractivity contribution in [3.63, 3.8) is 0 Å². The van der Waals surface area contributed by atoms with Crippen molar-refractivity contribution in [3.8, 4) is 34.1 Å². The molecule has 0 fully saturated rings. The van der Waals surface area contributed by atoms with E-state index in [4.69, 9.17) is 20.4 Å². The molecular weight excluding hydrogens is 603 g/mol. The summed E-state index contributed by atoms with van der Waals surface area (Å²) >= 11 is 5.27. The van der Waals surface area contributed by atoms with E-state index in [1.807, 2.05) is 48.5 Å². The van der Waals surface area contributed by atoms with Crippen molar-refractivity contribution in [1.29, 1.82) is 5.26 Å². The number of nitrogens with two attached hydrogens (primary N) is 1. The molecular formula is C33H21ClIN2O-. The molecule has 0 spiro atoms. The van der Waals surface area contributed by atoms with E-state index >= 15 is 0 Å². The quantitative estimate of drug-likeness (QED) is 0.153. The van der Waals surface area contributed by atoms with Crippen LogP contribution in [0.1, 0.15) is 5.56 Å². The van der Waals surface area contributed by atoms with Crippen LogP contribution >= 0.6 is 11.6 Å². The summed E-state index contributed by atoms with van der Waals surface area (Å²) in [6.45, 7) is 0. The van der Waals surface area contributed by atoms with E-state index in [-0.39, 0.29) is 0 Å². The van der Waals surface area contributed by atoms with Crippen molar-refractivity contribution in [3.05, 3.63) is 129 Å². The molecule has 0 bridgehead atoms. The molecule has 0 aliphatic heterocycles. The van der Waals surface area contributed by atoms with Crippen LogP contribution in [0.3, 0.4) is 0 Å². The fourth-order valence-electron chi connectivity index (χ4n) is 4.67. The molecule has 0 unspecified atom stereocenters. The summed E-state index contributed by atoms with van der Waals surface area (Å²) in [5.74, 6) is 0.654. The molecule has 6 aromatic rings. The third-order valence-electron chi connectivity index (χ3n) is 6.56. The Labute approximate surface area is 236 Å². The molecule has 0 aliphatic rings. The van der Waals surface area contributed by atoms with Crippen LogP contribution in [-0.2, 0) is 0 Å². The van der Waals surface area contributed by atoms with Crippen LogP contribution in [0.25, 0.3) is 43.8 Å². The Hall–Kier alpha value is -4.05. The molecule has 3 nitrogen and oxygen atoms in total. The molecule has 0 heterocycles. The van der Waals surface area contributed by atoms with Gasteiger partial charge in [-0.1, -0.05) is 0 Å². The van der Waals surface area contributed by atoms with Crippen molar-refractivity contribution in [2.75, 3.05) is 5.73 Å². The number of fused-ring (bicyclic) bond motifs is 3. The van der Waals surface area contributed by atoms with Gasteiger partial charge in [-0.3, -0.25) is 0 Å². The van der Waals surface area contributed by atoms with E-state index in [1.54, 1.807) is 0 Å². The molecule has 0 aliphatic carbocycles. The monoisotopic (exact) mass is 623 g/mol. The van der Waals surface area contributed by atoms with Gasteiger partial charge in [-0.05, 0) is 0 Å². The molecule has 184 valence electrons. The van der Waals surface area contributed by atoms with Crippen LogP contribution < -0.4 is 30.4 Å². The first-order valence-electron chi connectivity index (χ1n) is 12.0. The fourth-order valence-corrected chi connectivity index (χ4v) is 6.30. The molecule has 0 radical (unpaired) electrons. The number of nitrogens with zero attached hydrogens (tertiary/aromatic N) is 1. The van der Waals surface area contributed by atoms with Gasteiger partial charge in [0.1, 0.15) is 0 Å². The SMILES string of the molecule is N#Cc1ccc(-c2cc(-c3cc4ccccc4c4ccccc34)cc(O[I-]c3ccc(Cl)cc3)c2N)cc1. The van der Waals surface area contributed by atoms with Gasteiger partial charge in [-0.25, -0.2) is 0 Å². The molecule has 0 saturated carbocycles. The molecule has 0 saturated heterocycles. The zero-order valence-corrected chi connectivity index (χ0v) is 23.1. The summed E-state index contributed by atoms with van der Waals surface area (Å²) < 4.78 is 7.53. The van der Waals surface area contributed by atoms with Crippen LogP contribution in [-0.4, -0.2) is 0 Å². The zero-order valence-electron chi connectivity index (χ0n) is 20.2. The third-order valence-corrected chi connectivity index (χ3v) is 8.73. The number of halogens is 2. The number of nitriles is 1. The Morgan fingerprint density at radius 2 is 1.37 bits per heavy atom. The number of rotatable bonds is 5. The molecule has 6 rings (SSSR count). The van der Waals surface area contributed by atoms with Crippen LogP contribution in [0.5, 0.6) is 5.75 Å². The molecule has 6 aromatic carbocycles. The summed E-state index contributed by atoms with van der Waals surface area (Å²) in [4.78, 5) is 0. The van der Waals surface area contributed by atoms with E-state index in [0.717, 1.165) is 25.8 Å². The molecule has 38 heavy (non-hydrogen) atoms. The topological polar surface area (TPSA) is 59.0 Å². The predicted octanol–water partition coefficient (Wildman–Crippen LogP) is 5.69. The van der Waals surface area contributed by atoms with E-state index in [9.17, 15) is 5.26 Å². The first-order valence-corrected chi connectivity index (χ1v) is 14.4. The second-order valence-electron chi connectivity index (χ2n) is 8.91. The van der Waals surface area contributed by atoms with Gasteiger partial charge in [-0.15, -0.1) is 0 Å². The summed E-state index contributed by atoms with van der Waals surface area (Å²) in [5, 5.41) is 14.7. The number of hydrogen-bond acceptors (Lipinski definition) is 3. The summed E-state index contributed by atoms with van der Waals surface area (Å²) in [7, 11) is 0. The minimum atomic E-state index is -0.801. The van der Waals surface area contributed by atoms with Crippen molar-refractivity contribution in [1.82, 2.24) is 0 Å². The van der Waals surface area contributed by atoms with E-state index in [1.165, 1.54) is 21.5 Å². The normalized spacial score (nSPS) is 11.1. The Morgan fingerprint density at radius 3 is 2.11 bits per heavy atom. The maximum atomic E-state index is 9.27. The first kappa shape index (κ1) is 24.3. The van der Waals surface area contributed by atoms with Crippen molar-refractivity contribution < 1.29 is 24.7 Å². The van der Waals surface area contributed by atoms with Crippen molar-refractivity contribution in [2.45, 2.75) is 0 Å². The van der Waals surface area contributed by atoms with Crippen molar-refractivity contribution >= 4 is 38.8 Å². The summed E-state index contributed by atoms with van der Waals surface area (Å²) in [5.41, 5.74) is 11.9. The minimum absolute atomic E-state index is 0.581. The average molecular weight is 624 g/mol. The van der Waals surface area contributed by atoms with Crippen LogP contribution in [0, 0.1) is 14.9 Å². The van der Waals surface area contributed by atoms with Gasteiger partial charge in [-0.2, -0.15) is 0 Å². The van der Waals surface area contributed by atoms with Gasteiger partial charge < -0.3 is 0 Å². The Kier molecular flexibility index (Phi) is 6.63. The molecule has 0 aromatic heterocycles. The van der Waals surface area contributed by atoms with Gasteiger partial charge in [0.15, 0.2) is 0 Å². The standard InChI is InChI=1S/C33H21ClIN2O/c34-25-13-15-26(16-14-25)35-38-32-19-24(18-31(33(32)37)22-11-9-21(20-36)10-12-22)30-17-23-5-1-2-6-27(23)28-7-3-4-8-29(28)30/h1-19H,37H2/q-1. The van der Waals surface area contributed by atoms with Crippen LogP contribution in [0.4, 0.5) is 5.69 Å². The first-order chi connectivity index (χ1) is 18.6.